The molecule has 208 valence electrons. The number of fused-ring (bicyclic) bond motifs is 2. The zero-order chi connectivity index (χ0) is 29.2. The lowest BCUT2D eigenvalue weighted by molar-refractivity contribution is -0.118. The van der Waals surface area contributed by atoms with Gasteiger partial charge in [0.25, 0.3) is 11.5 Å². The molecule has 0 saturated carbocycles. The van der Waals surface area contributed by atoms with E-state index in [2.05, 4.69) is 15.4 Å². The number of anilines is 1. The second kappa shape index (κ2) is 11.5. The average Bonchev–Trinajstić information content (AvgIpc) is 3.40. The lowest BCUT2D eigenvalue weighted by Gasteiger charge is -2.10. The largest absolute Gasteiger partial charge is 0.482 e. The first kappa shape index (κ1) is 27.2. The average molecular weight is 601 g/mol. The first-order chi connectivity index (χ1) is 20.3. The van der Waals surface area contributed by atoms with Gasteiger partial charge in [0.05, 0.1) is 22.1 Å². The molecule has 4 aromatic carbocycles. The Kier molecular flexibility index (Phi) is 7.43. The van der Waals surface area contributed by atoms with Gasteiger partial charge in [-0.15, -0.1) is 0 Å². The zero-order valence-electron chi connectivity index (χ0n) is 21.6. The van der Waals surface area contributed by atoms with Crippen LogP contribution in [0.25, 0.3) is 33.5 Å². The molecule has 0 unspecified atom stereocenters. The maximum atomic E-state index is 13.5. The molecule has 8 nitrogen and oxygen atoms in total. The third kappa shape index (κ3) is 5.74. The Bertz CT molecular complexity index is 2060. The van der Waals surface area contributed by atoms with Gasteiger partial charge in [-0.05, 0) is 84.4 Å². The number of nitrogens with zero attached hydrogens (tertiary/aromatic N) is 3. The molecular weight excluding hydrogens is 582 g/mol. The zero-order valence-corrected chi connectivity index (χ0v) is 23.1. The van der Waals surface area contributed by atoms with Crippen LogP contribution in [-0.4, -0.2) is 28.4 Å². The summed E-state index contributed by atoms with van der Waals surface area (Å²) in [6, 6.07) is 24.1. The van der Waals surface area contributed by atoms with Crippen molar-refractivity contribution in [1.82, 2.24) is 9.66 Å². The Morgan fingerprint density at radius 2 is 1.83 bits per heavy atom. The lowest BCUT2D eigenvalue weighted by atomic mass is 10.2. The van der Waals surface area contributed by atoms with E-state index in [1.54, 1.807) is 66.7 Å². The second-order valence-electron chi connectivity index (χ2n) is 9.14. The Morgan fingerprint density at radius 3 is 2.64 bits per heavy atom. The molecule has 0 bridgehead atoms. The SMILES string of the molecule is O=C(COc1ccc(C=Nn2c(-c3cc4cc(Cl)ccc4o3)nc3ccccc3c2=O)cc1Cl)Nc1ccc(F)cc1. The number of hydrogen-bond donors (Lipinski definition) is 1. The molecule has 1 amide bonds. The second-order valence-corrected chi connectivity index (χ2v) is 9.98. The predicted molar refractivity (Wildman–Crippen MR) is 161 cm³/mol. The number of carbonyl (C=O) groups excluding carboxylic acids is 1. The fraction of sp³-hybridized carbons (Fsp3) is 0.0323. The van der Waals surface area contributed by atoms with Gasteiger partial charge in [-0.2, -0.15) is 9.78 Å². The summed E-state index contributed by atoms with van der Waals surface area (Å²) in [5, 5.41) is 8.96. The van der Waals surface area contributed by atoms with E-state index in [0.29, 0.717) is 38.5 Å². The van der Waals surface area contributed by atoms with Gasteiger partial charge in [-0.1, -0.05) is 35.3 Å². The van der Waals surface area contributed by atoms with Crippen LogP contribution in [0.15, 0.2) is 105 Å². The van der Waals surface area contributed by atoms with Crippen LogP contribution in [0.3, 0.4) is 0 Å². The number of para-hydroxylation sites is 1. The van der Waals surface area contributed by atoms with Crippen molar-refractivity contribution in [3.8, 4) is 17.3 Å². The molecule has 0 saturated heterocycles. The van der Waals surface area contributed by atoms with Gasteiger partial charge in [-0.25, -0.2) is 9.37 Å². The maximum Gasteiger partial charge on any atom is 0.282 e. The highest BCUT2D eigenvalue weighted by Crippen LogP contribution is 2.29. The summed E-state index contributed by atoms with van der Waals surface area (Å²) in [7, 11) is 0. The van der Waals surface area contributed by atoms with E-state index in [-0.39, 0.29) is 28.8 Å². The van der Waals surface area contributed by atoms with Crippen LogP contribution in [0.1, 0.15) is 5.56 Å². The van der Waals surface area contributed by atoms with Gasteiger partial charge < -0.3 is 14.5 Å². The molecule has 0 aliphatic carbocycles. The molecule has 0 atom stereocenters. The number of aromatic nitrogens is 2. The van der Waals surface area contributed by atoms with Crippen LogP contribution in [0.5, 0.6) is 5.75 Å². The van der Waals surface area contributed by atoms with Gasteiger partial charge in [0.15, 0.2) is 12.4 Å². The van der Waals surface area contributed by atoms with Crippen LogP contribution in [0, 0.1) is 5.82 Å². The lowest BCUT2D eigenvalue weighted by Crippen LogP contribution is -2.20. The number of hydrogen-bond acceptors (Lipinski definition) is 6. The van der Waals surface area contributed by atoms with Crippen LogP contribution >= 0.6 is 23.2 Å². The fourth-order valence-electron chi connectivity index (χ4n) is 4.23. The highest BCUT2D eigenvalue weighted by molar-refractivity contribution is 6.32. The van der Waals surface area contributed by atoms with Crippen molar-refractivity contribution in [1.29, 1.82) is 0 Å². The minimum atomic E-state index is -0.438. The number of benzene rings is 4. The van der Waals surface area contributed by atoms with E-state index < -0.39 is 11.7 Å². The van der Waals surface area contributed by atoms with Crippen molar-refractivity contribution >= 4 is 62.9 Å². The highest BCUT2D eigenvalue weighted by atomic mass is 35.5. The van der Waals surface area contributed by atoms with Gasteiger partial charge >= 0.3 is 0 Å². The molecule has 0 fully saturated rings. The van der Waals surface area contributed by atoms with E-state index in [1.807, 2.05) is 0 Å². The molecular formula is C31H19Cl2FN4O4. The fourth-order valence-corrected chi connectivity index (χ4v) is 4.65. The molecule has 2 heterocycles. The quantitative estimate of drug-likeness (QED) is 0.196. The summed E-state index contributed by atoms with van der Waals surface area (Å²) >= 11 is 12.5. The molecule has 0 radical (unpaired) electrons. The molecule has 6 aromatic rings. The molecule has 1 N–H and O–H groups in total. The molecule has 0 aliphatic rings. The van der Waals surface area contributed by atoms with E-state index in [1.165, 1.54) is 35.2 Å². The third-order valence-corrected chi connectivity index (χ3v) is 6.75. The normalized spacial score (nSPS) is 11.4. The van der Waals surface area contributed by atoms with Crippen LogP contribution < -0.4 is 15.6 Å². The molecule has 0 spiro atoms. The summed E-state index contributed by atoms with van der Waals surface area (Å²) < 4.78 is 25.8. The molecule has 6 rings (SSSR count). The van der Waals surface area contributed by atoms with Gasteiger partial charge in [0, 0.05) is 16.1 Å². The molecule has 0 aliphatic heterocycles. The summed E-state index contributed by atoms with van der Waals surface area (Å²) in [5.41, 5.74) is 1.69. The van der Waals surface area contributed by atoms with Crippen molar-refractivity contribution in [2.24, 2.45) is 5.10 Å². The number of amides is 1. The Hall–Kier alpha value is -4.99. The Labute approximate surface area is 247 Å². The van der Waals surface area contributed by atoms with Crippen LogP contribution in [0.2, 0.25) is 10.0 Å². The molecule has 2 aromatic heterocycles. The van der Waals surface area contributed by atoms with Gasteiger partial charge in [-0.3, -0.25) is 9.59 Å². The standard InChI is InChI=1S/C31H19Cl2FN4O4/c32-20-6-12-26-19(14-20)15-28(42-26)30-37-25-4-2-1-3-23(25)31(40)38(30)35-16-18-5-11-27(24(33)13-18)41-17-29(39)36-22-9-7-21(34)8-10-22/h1-16H,17H2,(H,36,39). The van der Waals surface area contributed by atoms with Crippen LogP contribution in [0.4, 0.5) is 10.1 Å². The number of rotatable bonds is 7. The van der Waals surface area contributed by atoms with E-state index >= 15 is 0 Å². The van der Waals surface area contributed by atoms with Crippen molar-refractivity contribution in [3.05, 3.63) is 123 Å². The van der Waals surface area contributed by atoms with Crippen molar-refractivity contribution in [2.75, 3.05) is 11.9 Å². The predicted octanol–water partition coefficient (Wildman–Crippen LogP) is 7.16. The Morgan fingerprint density at radius 1 is 1.02 bits per heavy atom. The Balaban J connectivity index is 1.26. The van der Waals surface area contributed by atoms with Crippen molar-refractivity contribution in [2.45, 2.75) is 0 Å². The summed E-state index contributed by atoms with van der Waals surface area (Å²) in [4.78, 5) is 30.3. The third-order valence-electron chi connectivity index (χ3n) is 6.22. The number of furan rings is 1. The first-order valence-corrected chi connectivity index (χ1v) is 13.3. The van der Waals surface area contributed by atoms with Crippen LogP contribution in [-0.2, 0) is 4.79 Å². The number of ether oxygens (including phenoxy) is 1. The molecule has 11 heteroatoms. The van der Waals surface area contributed by atoms with Gasteiger partial charge in [0.2, 0.25) is 5.82 Å². The molecule has 42 heavy (non-hydrogen) atoms. The minimum Gasteiger partial charge on any atom is -0.482 e. The minimum absolute atomic E-state index is 0.209. The summed E-state index contributed by atoms with van der Waals surface area (Å²) in [6.45, 7) is -0.311. The maximum absolute atomic E-state index is 13.5. The van der Waals surface area contributed by atoms with E-state index in [9.17, 15) is 14.0 Å². The summed E-state index contributed by atoms with van der Waals surface area (Å²) in [6.07, 6.45) is 1.46. The smallest absolute Gasteiger partial charge is 0.282 e. The van der Waals surface area contributed by atoms with Crippen molar-refractivity contribution < 1.29 is 18.3 Å². The number of nitrogens with one attached hydrogen (secondary N) is 1. The van der Waals surface area contributed by atoms with E-state index in [4.69, 9.17) is 32.4 Å². The number of carbonyl (C=O) groups is 1. The van der Waals surface area contributed by atoms with Crippen molar-refractivity contribution in [3.63, 3.8) is 0 Å². The topological polar surface area (TPSA) is 98.7 Å². The first-order valence-electron chi connectivity index (χ1n) is 12.6. The highest BCUT2D eigenvalue weighted by Gasteiger charge is 2.17. The monoisotopic (exact) mass is 600 g/mol. The summed E-state index contributed by atoms with van der Waals surface area (Å²) in [5.74, 6) is -0.0212. The van der Waals surface area contributed by atoms with E-state index in [0.717, 1.165) is 5.39 Å². The van der Waals surface area contributed by atoms with Gasteiger partial charge in [0.1, 0.15) is 17.1 Å². The number of halogens is 3.